The molecule has 3 rings (SSSR count). The lowest BCUT2D eigenvalue weighted by Gasteiger charge is -2.49. The Morgan fingerprint density at radius 2 is 1.54 bits per heavy atom. The number of carbonyl (C=O) groups is 2. The Kier molecular flexibility index (Phi) is 5.56. The van der Waals surface area contributed by atoms with Gasteiger partial charge in [-0.25, -0.2) is 8.42 Å². The summed E-state index contributed by atoms with van der Waals surface area (Å²) in [7, 11) is -3.68. The van der Waals surface area contributed by atoms with E-state index < -0.39 is 21.5 Å². The minimum absolute atomic E-state index is 0.141. The molecule has 1 heterocycles. The van der Waals surface area contributed by atoms with Crippen molar-refractivity contribution in [3.05, 3.63) is 71.8 Å². The summed E-state index contributed by atoms with van der Waals surface area (Å²) in [6.07, 6.45) is 1.57. The molecule has 0 aromatic heterocycles. The molecule has 1 aliphatic rings. The first-order valence-electron chi connectivity index (χ1n) is 9.13. The molecule has 1 fully saturated rings. The van der Waals surface area contributed by atoms with Crippen LogP contribution in [0.25, 0.3) is 0 Å². The van der Waals surface area contributed by atoms with E-state index in [4.69, 9.17) is 0 Å². The summed E-state index contributed by atoms with van der Waals surface area (Å²) in [6.45, 7) is 2.04. The van der Waals surface area contributed by atoms with Crippen molar-refractivity contribution < 1.29 is 18.0 Å². The van der Waals surface area contributed by atoms with Gasteiger partial charge < -0.3 is 4.90 Å². The largest absolute Gasteiger partial charge is 0.328 e. The molecule has 148 valence electrons. The van der Waals surface area contributed by atoms with E-state index >= 15 is 0 Å². The lowest BCUT2D eigenvalue weighted by molar-refractivity contribution is -0.156. The van der Waals surface area contributed by atoms with Gasteiger partial charge in [-0.2, -0.15) is 0 Å². The molecule has 1 atom stereocenters. The molecule has 1 saturated heterocycles. The first kappa shape index (κ1) is 20.1. The van der Waals surface area contributed by atoms with Crippen LogP contribution in [0.3, 0.4) is 0 Å². The number of hydrogen-bond donors (Lipinski definition) is 1. The van der Waals surface area contributed by atoms with Gasteiger partial charge in [-0.15, -0.1) is 0 Å². The highest BCUT2D eigenvalue weighted by atomic mass is 32.2. The molecule has 0 aliphatic carbocycles. The van der Waals surface area contributed by atoms with Gasteiger partial charge in [0.15, 0.2) is 0 Å². The number of nitrogens with zero attached hydrogens (tertiary/aromatic N) is 1. The molecule has 28 heavy (non-hydrogen) atoms. The van der Waals surface area contributed by atoms with Crippen LogP contribution in [0.2, 0.25) is 0 Å². The molecular formula is C21H24N2O4S. The molecule has 1 unspecified atom stereocenters. The number of likely N-dealkylation sites (tertiary alicyclic amines) is 1. The second kappa shape index (κ2) is 7.75. The van der Waals surface area contributed by atoms with Crippen molar-refractivity contribution in [1.29, 1.82) is 0 Å². The van der Waals surface area contributed by atoms with Crippen LogP contribution >= 0.6 is 0 Å². The van der Waals surface area contributed by atoms with E-state index in [1.807, 2.05) is 65.4 Å². The summed E-state index contributed by atoms with van der Waals surface area (Å²) in [5.41, 5.74) is 0.896. The molecule has 7 heteroatoms. The smallest absolute Gasteiger partial charge is 0.259 e. The summed E-state index contributed by atoms with van der Waals surface area (Å²) in [5, 5.41) is 0. The van der Waals surface area contributed by atoms with Crippen molar-refractivity contribution in [3.8, 4) is 0 Å². The van der Waals surface area contributed by atoms with Crippen LogP contribution < -0.4 is 4.72 Å². The van der Waals surface area contributed by atoms with Crippen LogP contribution in [0.4, 0.5) is 0 Å². The first-order chi connectivity index (χ1) is 13.2. The van der Waals surface area contributed by atoms with Gasteiger partial charge in [-0.05, 0) is 24.5 Å². The standard InChI is InChI=1S/C21H24N2O4S/c1-21(20(25)22-28(2,26)27)13-14-23(21)19(24)15-18(16-9-5-3-6-10-16)17-11-7-4-8-12-17/h3-12,18H,13-15H2,1-2H3,(H,22,25). The molecule has 2 aromatic rings. The van der Waals surface area contributed by atoms with Crippen LogP contribution in [0.15, 0.2) is 60.7 Å². The van der Waals surface area contributed by atoms with Gasteiger partial charge in [0.05, 0.1) is 6.26 Å². The quantitative estimate of drug-likeness (QED) is 0.806. The average Bonchev–Trinajstić information content (AvgIpc) is 2.64. The maximum Gasteiger partial charge on any atom is 0.259 e. The van der Waals surface area contributed by atoms with Crippen molar-refractivity contribution in [2.24, 2.45) is 0 Å². The average molecular weight is 401 g/mol. The Morgan fingerprint density at radius 1 is 1.04 bits per heavy atom. The fourth-order valence-electron chi connectivity index (χ4n) is 3.56. The van der Waals surface area contributed by atoms with Crippen molar-refractivity contribution >= 4 is 21.8 Å². The first-order valence-corrected chi connectivity index (χ1v) is 11.0. The topological polar surface area (TPSA) is 83.6 Å². The van der Waals surface area contributed by atoms with Crippen LogP contribution in [0.5, 0.6) is 0 Å². The van der Waals surface area contributed by atoms with Crippen LogP contribution in [0, 0.1) is 0 Å². The highest BCUT2D eigenvalue weighted by Gasteiger charge is 2.50. The summed E-state index contributed by atoms with van der Waals surface area (Å²) < 4.78 is 24.8. The molecule has 0 spiro atoms. The predicted molar refractivity (Wildman–Crippen MR) is 107 cm³/mol. The summed E-state index contributed by atoms with van der Waals surface area (Å²) in [5.74, 6) is -0.974. The van der Waals surface area contributed by atoms with Gasteiger partial charge in [0.25, 0.3) is 5.91 Å². The van der Waals surface area contributed by atoms with E-state index in [1.165, 1.54) is 4.90 Å². The number of carbonyl (C=O) groups excluding carboxylic acids is 2. The zero-order chi connectivity index (χ0) is 20.4. The molecule has 2 amide bonds. The number of hydrogen-bond acceptors (Lipinski definition) is 4. The monoisotopic (exact) mass is 400 g/mol. The van der Waals surface area contributed by atoms with E-state index in [9.17, 15) is 18.0 Å². The van der Waals surface area contributed by atoms with Crippen LogP contribution in [0.1, 0.15) is 36.8 Å². The van der Waals surface area contributed by atoms with Gasteiger partial charge in [-0.1, -0.05) is 60.7 Å². The number of sulfonamides is 1. The fraction of sp³-hybridized carbons (Fsp3) is 0.333. The Balaban J connectivity index is 1.82. The van der Waals surface area contributed by atoms with Crippen LogP contribution in [-0.4, -0.2) is 43.5 Å². The van der Waals surface area contributed by atoms with E-state index in [0.717, 1.165) is 17.4 Å². The van der Waals surface area contributed by atoms with Gasteiger partial charge >= 0.3 is 0 Å². The molecule has 0 saturated carbocycles. The third-order valence-electron chi connectivity index (χ3n) is 5.27. The second-order valence-corrected chi connectivity index (χ2v) is 9.10. The zero-order valence-electron chi connectivity index (χ0n) is 16.0. The summed E-state index contributed by atoms with van der Waals surface area (Å²) in [6, 6.07) is 19.5. The number of benzene rings is 2. The Hall–Kier alpha value is -2.67. The predicted octanol–water partition coefficient (Wildman–Crippen LogP) is 2.28. The molecular weight excluding hydrogens is 376 g/mol. The van der Waals surface area contributed by atoms with Crippen molar-refractivity contribution in [2.75, 3.05) is 12.8 Å². The van der Waals surface area contributed by atoms with Gasteiger partial charge in [0, 0.05) is 18.9 Å². The molecule has 1 aliphatic heterocycles. The zero-order valence-corrected chi connectivity index (χ0v) is 16.8. The lowest BCUT2D eigenvalue weighted by atomic mass is 9.83. The highest BCUT2D eigenvalue weighted by molar-refractivity contribution is 7.89. The SMILES string of the molecule is CC1(C(=O)NS(C)(=O)=O)CCN1C(=O)CC(c1ccccc1)c1ccccc1. The van der Waals surface area contributed by atoms with Crippen molar-refractivity contribution in [3.63, 3.8) is 0 Å². The molecule has 1 N–H and O–H groups in total. The number of nitrogens with one attached hydrogen (secondary N) is 1. The van der Waals surface area contributed by atoms with E-state index in [1.54, 1.807) is 6.92 Å². The van der Waals surface area contributed by atoms with Gasteiger partial charge in [0.2, 0.25) is 15.9 Å². The number of rotatable bonds is 6. The summed E-state index contributed by atoms with van der Waals surface area (Å²) >= 11 is 0. The molecule has 0 radical (unpaired) electrons. The second-order valence-electron chi connectivity index (χ2n) is 7.35. The molecule has 0 bridgehead atoms. The third-order valence-corrected chi connectivity index (χ3v) is 5.83. The van der Waals surface area contributed by atoms with Crippen LogP contribution in [-0.2, 0) is 19.6 Å². The number of amides is 2. The maximum atomic E-state index is 13.1. The highest BCUT2D eigenvalue weighted by Crippen LogP contribution is 2.35. The van der Waals surface area contributed by atoms with Crippen molar-refractivity contribution in [1.82, 2.24) is 9.62 Å². The maximum absolute atomic E-state index is 13.1. The molecule has 6 nitrogen and oxygen atoms in total. The fourth-order valence-corrected chi connectivity index (χ4v) is 4.11. The van der Waals surface area contributed by atoms with Gasteiger partial charge in [0.1, 0.15) is 5.54 Å². The van der Waals surface area contributed by atoms with E-state index in [2.05, 4.69) is 0 Å². The van der Waals surface area contributed by atoms with Crippen molar-refractivity contribution in [2.45, 2.75) is 31.2 Å². The van der Waals surface area contributed by atoms with E-state index in [0.29, 0.717) is 13.0 Å². The minimum atomic E-state index is -3.68. The Bertz CT molecular complexity index is 921. The normalized spacial score (nSPS) is 19.2. The lowest BCUT2D eigenvalue weighted by Crippen LogP contribution is -2.67. The Morgan fingerprint density at radius 3 is 1.93 bits per heavy atom. The third kappa shape index (κ3) is 4.25. The van der Waals surface area contributed by atoms with Gasteiger partial charge in [-0.3, -0.25) is 14.3 Å². The summed E-state index contributed by atoms with van der Waals surface area (Å²) in [4.78, 5) is 27.0. The van der Waals surface area contributed by atoms with E-state index in [-0.39, 0.29) is 18.2 Å². The Labute approximate surface area is 165 Å². The molecule has 2 aromatic carbocycles. The minimum Gasteiger partial charge on any atom is -0.328 e.